The van der Waals surface area contributed by atoms with Gasteiger partial charge >= 0.3 is 0 Å². The van der Waals surface area contributed by atoms with E-state index in [2.05, 4.69) is 37.4 Å². The smallest absolute Gasteiger partial charge is 0.263 e. The van der Waals surface area contributed by atoms with Gasteiger partial charge in [-0.05, 0) is 62.9 Å². The summed E-state index contributed by atoms with van der Waals surface area (Å²) in [5.41, 5.74) is 2.31. The van der Waals surface area contributed by atoms with E-state index in [1.165, 1.54) is 5.56 Å². The van der Waals surface area contributed by atoms with Crippen LogP contribution in [0, 0.1) is 12.8 Å². The van der Waals surface area contributed by atoms with E-state index < -0.39 is 6.10 Å². The van der Waals surface area contributed by atoms with Crippen molar-refractivity contribution in [1.29, 1.82) is 0 Å². The molecule has 0 saturated carbocycles. The van der Waals surface area contributed by atoms with Crippen molar-refractivity contribution in [3.05, 3.63) is 29.3 Å². The fraction of sp³-hybridized carbons (Fsp3) is 0.632. The van der Waals surface area contributed by atoms with Crippen LogP contribution in [0.3, 0.4) is 0 Å². The Balaban J connectivity index is 2.00. The topological polar surface area (TPSA) is 41.6 Å². The Bertz CT molecular complexity index is 542. The van der Waals surface area contributed by atoms with E-state index in [-0.39, 0.29) is 5.91 Å². The molecule has 0 spiro atoms. The van der Waals surface area contributed by atoms with E-state index in [1.807, 2.05) is 25.8 Å². The first-order chi connectivity index (χ1) is 10.9. The lowest BCUT2D eigenvalue weighted by molar-refractivity contribution is -0.137. The lowest BCUT2D eigenvalue weighted by Crippen LogP contribution is -2.39. The van der Waals surface area contributed by atoms with Gasteiger partial charge in [-0.1, -0.05) is 26.0 Å². The number of carbonyl (C=O) groups excluding carboxylic acids is 1. The number of benzene rings is 1. The predicted octanol–water partition coefficient (Wildman–Crippen LogP) is 2.95. The van der Waals surface area contributed by atoms with E-state index >= 15 is 0 Å². The molecule has 0 bridgehead atoms. The summed E-state index contributed by atoms with van der Waals surface area (Å²) < 4.78 is 6.00. The molecule has 128 valence electrons. The van der Waals surface area contributed by atoms with Crippen LogP contribution in [0.2, 0.25) is 0 Å². The minimum absolute atomic E-state index is 0.0953. The summed E-state index contributed by atoms with van der Waals surface area (Å²) >= 11 is 0. The van der Waals surface area contributed by atoms with Crippen LogP contribution in [-0.2, 0) is 4.79 Å². The van der Waals surface area contributed by atoms with Gasteiger partial charge in [-0.25, -0.2) is 0 Å². The molecule has 1 amide bonds. The van der Waals surface area contributed by atoms with E-state index in [9.17, 15) is 4.79 Å². The summed E-state index contributed by atoms with van der Waals surface area (Å²) in [5, 5.41) is 3.19. The standard InChI is InChI=1S/C19H30N2O2/c1-13(2)17-7-6-14(3)18(10-17)23-15(4)19(22)21-9-8-16(12-21)11-20-5/h6-7,10,13,15-16,20H,8-9,11-12H2,1-5H3/t15-,16+/m1/s1. The summed E-state index contributed by atoms with van der Waals surface area (Å²) in [5.74, 6) is 1.92. The van der Waals surface area contributed by atoms with E-state index in [0.29, 0.717) is 11.8 Å². The molecule has 1 aliphatic rings. The molecular weight excluding hydrogens is 288 g/mol. The summed E-state index contributed by atoms with van der Waals surface area (Å²) in [6.07, 6.45) is 0.630. The molecule has 0 aromatic heterocycles. The largest absolute Gasteiger partial charge is 0.481 e. The molecule has 23 heavy (non-hydrogen) atoms. The molecule has 0 radical (unpaired) electrons. The molecule has 0 aliphatic carbocycles. The van der Waals surface area contributed by atoms with Gasteiger partial charge < -0.3 is 15.0 Å². The number of hydrogen-bond acceptors (Lipinski definition) is 3. The molecule has 1 fully saturated rings. The van der Waals surface area contributed by atoms with Crippen LogP contribution >= 0.6 is 0 Å². The van der Waals surface area contributed by atoms with Gasteiger partial charge in [0.2, 0.25) is 0 Å². The zero-order valence-corrected chi connectivity index (χ0v) is 15.1. The minimum Gasteiger partial charge on any atom is -0.481 e. The van der Waals surface area contributed by atoms with Crippen LogP contribution in [0.1, 0.15) is 44.2 Å². The third-order valence-electron chi connectivity index (χ3n) is 4.62. The highest BCUT2D eigenvalue weighted by Gasteiger charge is 2.29. The molecule has 1 aromatic carbocycles. The zero-order valence-electron chi connectivity index (χ0n) is 15.1. The third kappa shape index (κ3) is 4.47. The number of nitrogens with one attached hydrogen (secondary N) is 1. The molecule has 4 heteroatoms. The maximum absolute atomic E-state index is 12.6. The van der Waals surface area contributed by atoms with Crippen molar-refractivity contribution >= 4 is 5.91 Å². The highest BCUT2D eigenvalue weighted by atomic mass is 16.5. The number of carbonyl (C=O) groups is 1. The first-order valence-electron chi connectivity index (χ1n) is 8.63. The molecule has 2 atom stereocenters. The normalized spacial score (nSPS) is 19.2. The van der Waals surface area contributed by atoms with Crippen LogP contribution in [-0.4, -0.2) is 43.6 Å². The second-order valence-electron chi connectivity index (χ2n) is 6.94. The van der Waals surface area contributed by atoms with Gasteiger partial charge in [-0.15, -0.1) is 0 Å². The second-order valence-corrected chi connectivity index (χ2v) is 6.94. The molecule has 1 saturated heterocycles. The average Bonchev–Trinajstić information content (AvgIpc) is 2.97. The van der Waals surface area contributed by atoms with Gasteiger partial charge in [-0.3, -0.25) is 4.79 Å². The molecule has 1 N–H and O–H groups in total. The Labute approximate surface area is 140 Å². The lowest BCUT2D eigenvalue weighted by atomic mass is 10.0. The Hall–Kier alpha value is -1.55. The summed E-state index contributed by atoms with van der Waals surface area (Å²) in [6.45, 7) is 10.8. The van der Waals surface area contributed by atoms with Crippen LogP contribution in [0.15, 0.2) is 18.2 Å². The Kier molecular flexibility index (Phi) is 6.05. The van der Waals surface area contributed by atoms with E-state index in [1.54, 1.807) is 0 Å². The summed E-state index contributed by atoms with van der Waals surface area (Å²) in [6, 6.07) is 6.26. The van der Waals surface area contributed by atoms with Gasteiger partial charge in [0.1, 0.15) is 5.75 Å². The predicted molar refractivity (Wildman–Crippen MR) is 94.0 cm³/mol. The average molecular weight is 318 g/mol. The van der Waals surface area contributed by atoms with Crippen molar-refractivity contribution in [1.82, 2.24) is 10.2 Å². The van der Waals surface area contributed by atoms with Gasteiger partial charge in [0.15, 0.2) is 6.10 Å². The molecule has 0 unspecified atom stereocenters. The lowest BCUT2D eigenvalue weighted by Gasteiger charge is -2.23. The highest BCUT2D eigenvalue weighted by molar-refractivity contribution is 5.81. The number of ether oxygens (including phenoxy) is 1. The van der Waals surface area contributed by atoms with Gasteiger partial charge in [0.25, 0.3) is 5.91 Å². The number of hydrogen-bond donors (Lipinski definition) is 1. The summed E-state index contributed by atoms with van der Waals surface area (Å²) in [4.78, 5) is 14.5. The Morgan fingerprint density at radius 3 is 2.78 bits per heavy atom. The maximum atomic E-state index is 12.6. The number of nitrogens with zero attached hydrogens (tertiary/aromatic N) is 1. The van der Waals surface area contributed by atoms with Crippen molar-refractivity contribution in [2.24, 2.45) is 5.92 Å². The first-order valence-corrected chi connectivity index (χ1v) is 8.63. The highest BCUT2D eigenvalue weighted by Crippen LogP contribution is 2.26. The minimum atomic E-state index is -0.440. The quantitative estimate of drug-likeness (QED) is 0.877. The molecule has 1 aliphatic heterocycles. The molecule has 4 nitrogen and oxygen atoms in total. The molecule has 2 rings (SSSR count). The molecular formula is C19H30N2O2. The number of likely N-dealkylation sites (tertiary alicyclic amines) is 1. The van der Waals surface area contributed by atoms with E-state index in [0.717, 1.165) is 37.4 Å². The number of aryl methyl sites for hydroxylation is 1. The van der Waals surface area contributed by atoms with Crippen LogP contribution < -0.4 is 10.1 Å². The van der Waals surface area contributed by atoms with Crippen molar-refractivity contribution in [2.75, 3.05) is 26.7 Å². The van der Waals surface area contributed by atoms with Gasteiger partial charge in [0, 0.05) is 13.1 Å². The van der Waals surface area contributed by atoms with Crippen LogP contribution in [0.4, 0.5) is 0 Å². The van der Waals surface area contributed by atoms with Crippen LogP contribution in [0.5, 0.6) is 5.75 Å². The summed E-state index contributed by atoms with van der Waals surface area (Å²) in [7, 11) is 1.96. The van der Waals surface area contributed by atoms with Crippen molar-refractivity contribution in [2.45, 2.75) is 46.1 Å². The van der Waals surface area contributed by atoms with Gasteiger partial charge in [-0.2, -0.15) is 0 Å². The second kappa shape index (κ2) is 7.82. The fourth-order valence-electron chi connectivity index (χ4n) is 3.09. The number of amides is 1. The Morgan fingerprint density at radius 1 is 1.39 bits per heavy atom. The number of rotatable bonds is 6. The van der Waals surface area contributed by atoms with Crippen molar-refractivity contribution in [3.8, 4) is 5.75 Å². The SMILES string of the molecule is CNC[C@@H]1CCN(C(=O)[C@@H](C)Oc2cc(C(C)C)ccc2C)C1. The van der Waals surface area contributed by atoms with Crippen LogP contribution in [0.25, 0.3) is 0 Å². The molecule has 1 heterocycles. The van der Waals surface area contributed by atoms with Gasteiger partial charge in [0.05, 0.1) is 0 Å². The van der Waals surface area contributed by atoms with Crippen molar-refractivity contribution < 1.29 is 9.53 Å². The van der Waals surface area contributed by atoms with Crippen molar-refractivity contribution in [3.63, 3.8) is 0 Å². The Morgan fingerprint density at radius 2 is 2.13 bits per heavy atom. The zero-order chi connectivity index (χ0) is 17.0. The fourth-order valence-corrected chi connectivity index (χ4v) is 3.09. The maximum Gasteiger partial charge on any atom is 0.263 e. The third-order valence-corrected chi connectivity index (χ3v) is 4.62. The molecule has 1 aromatic rings. The first kappa shape index (κ1) is 17.8. The van der Waals surface area contributed by atoms with E-state index in [4.69, 9.17) is 4.74 Å². The monoisotopic (exact) mass is 318 g/mol.